The van der Waals surface area contributed by atoms with E-state index in [1.165, 1.54) is 0 Å². The van der Waals surface area contributed by atoms with E-state index in [0.717, 1.165) is 30.9 Å². The monoisotopic (exact) mass is 355 g/mol. The first-order valence-corrected chi connectivity index (χ1v) is 8.88. The van der Waals surface area contributed by atoms with Crippen molar-refractivity contribution in [1.29, 1.82) is 0 Å². The van der Waals surface area contributed by atoms with Crippen molar-refractivity contribution in [2.45, 2.75) is 18.4 Å². The van der Waals surface area contributed by atoms with Crippen molar-refractivity contribution in [3.63, 3.8) is 0 Å². The second-order valence-corrected chi connectivity index (χ2v) is 6.60. The molecule has 1 aromatic heterocycles. The number of likely N-dealkylation sites (tertiary alicyclic amines) is 1. The van der Waals surface area contributed by atoms with Crippen molar-refractivity contribution in [3.05, 3.63) is 59.9 Å². The first-order valence-electron chi connectivity index (χ1n) is 8.88. The van der Waals surface area contributed by atoms with E-state index < -0.39 is 5.60 Å². The lowest BCUT2D eigenvalue weighted by molar-refractivity contribution is -0.0255. The number of carbonyl (C=O) groups is 1. The minimum Gasteiger partial charge on any atom is -0.497 e. The summed E-state index contributed by atoms with van der Waals surface area (Å²) in [4.78, 5) is 18.2. The highest BCUT2D eigenvalue weighted by molar-refractivity contribution is 5.93. The topological polar surface area (TPSA) is 74.7 Å². The average Bonchev–Trinajstić information content (AvgIpc) is 2.70. The van der Waals surface area contributed by atoms with Crippen LogP contribution in [0.3, 0.4) is 0 Å². The molecule has 1 fully saturated rings. The van der Waals surface area contributed by atoms with Crippen LogP contribution in [-0.2, 0) is 5.60 Å². The molecule has 0 bridgehead atoms. The summed E-state index contributed by atoms with van der Waals surface area (Å²) in [5.41, 5.74) is 0.713. The van der Waals surface area contributed by atoms with Crippen molar-refractivity contribution in [1.82, 2.24) is 15.2 Å². The molecular weight excluding hydrogens is 330 g/mol. The molecule has 6 nitrogen and oxygen atoms in total. The van der Waals surface area contributed by atoms with Crippen molar-refractivity contribution in [2.24, 2.45) is 0 Å². The molecule has 2 aromatic rings. The maximum absolute atomic E-state index is 12.0. The largest absolute Gasteiger partial charge is 0.497 e. The van der Waals surface area contributed by atoms with Gasteiger partial charge in [0.15, 0.2) is 0 Å². The van der Waals surface area contributed by atoms with Gasteiger partial charge in [-0.2, -0.15) is 0 Å². The van der Waals surface area contributed by atoms with Gasteiger partial charge in [0.2, 0.25) is 0 Å². The van der Waals surface area contributed by atoms with Crippen LogP contribution in [-0.4, -0.2) is 54.2 Å². The summed E-state index contributed by atoms with van der Waals surface area (Å²) < 4.78 is 5.17. The SMILES string of the molecule is COc1ccc(C2(O)CCN(CCNC(=O)c3cccnc3)CC2)cc1. The van der Waals surface area contributed by atoms with Crippen LogP contribution in [0.4, 0.5) is 0 Å². The van der Waals surface area contributed by atoms with Gasteiger partial charge in [-0.05, 0) is 42.7 Å². The van der Waals surface area contributed by atoms with E-state index in [1.54, 1.807) is 31.6 Å². The molecule has 6 heteroatoms. The highest BCUT2D eigenvalue weighted by Crippen LogP contribution is 2.33. The first kappa shape index (κ1) is 18.4. The molecule has 0 radical (unpaired) electrons. The van der Waals surface area contributed by atoms with E-state index in [1.807, 2.05) is 24.3 Å². The second-order valence-electron chi connectivity index (χ2n) is 6.60. The highest BCUT2D eigenvalue weighted by Gasteiger charge is 2.33. The number of aliphatic hydroxyl groups is 1. The smallest absolute Gasteiger partial charge is 0.252 e. The molecule has 0 unspecified atom stereocenters. The number of nitrogens with one attached hydrogen (secondary N) is 1. The van der Waals surface area contributed by atoms with Gasteiger partial charge in [-0.1, -0.05) is 12.1 Å². The van der Waals surface area contributed by atoms with E-state index in [-0.39, 0.29) is 5.91 Å². The maximum Gasteiger partial charge on any atom is 0.252 e. The third-order valence-electron chi connectivity index (χ3n) is 4.95. The number of pyridine rings is 1. The zero-order valence-electron chi connectivity index (χ0n) is 15.0. The third-order valence-corrected chi connectivity index (χ3v) is 4.95. The van der Waals surface area contributed by atoms with Crippen LogP contribution in [0.1, 0.15) is 28.8 Å². The van der Waals surface area contributed by atoms with E-state index >= 15 is 0 Å². The van der Waals surface area contributed by atoms with Crippen LogP contribution in [0.5, 0.6) is 5.75 Å². The molecule has 1 aliphatic rings. The van der Waals surface area contributed by atoms with E-state index in [0.29, 0.717) is 24.9 Å². The molecule has 1 saturated heterocycles. The third kappa shape index (κ3) is 4.39. The molecular formula is C20H25N3O3. The lowest BCUT2D eigenvalue weighted by atomic mass is 9.84. The molecule has 2 heterocycles. The lowest BCUT2D eigenvalue weighted by Crippen LogP contribution is -2.45. The van der Waals surface area contributed by atoms with Crippen LogP contribution in [0.15, 0.2) is 48.8 Å². The summed E-state index contributed by atoms with van der Waals surface area (Å²) in [6.45, 7) is 2.94. The zero-order chi connectivity index (χ0) is 18.4. The number of hydrogen-bond donors (Lipinski definition) is 2. The summed E-state index contributed by atoms with van der Waals surface area (Å²) >= 11 is 0. The standard InChI is InChI=1S/C20H25N3O3/c1-26-18-6-4-17(5-7-18)20(25)8-12-23(13-9-20)14-11-22-19(24)16-3-2-10-21-15-16/h2-7,10,15,25H,8-9,11-14H2,1H3,(H,22,24). The van der Waals surface area contributed by atoms with Crippen LogP contribution in [0.2, 0.25) is 0 Å². The van der Waals surface area contributed by atoms with Gasteiger partial charge in [-0.3, -0.25) is 9.78 Å². The highest BCUT2D eigenvalue weighted by atomic mass is 16.5. The molecule has 26 heavy (non-hydrogen) atoms. The molecule has 0 spiro atoms. The minimum atomic E-state index is -0.790. The number of aromatic nitrogens is 1. The lowest BCUT2D eigenvalue weighted by Gasteiger charge is -2.38. The Hall–Kier alpha value is -2.44. The van der Waals surface area contributed by atoms with E-state index in [9.17, 15) is 9.90 Å². The fourth-order valence-corrected chi connectivity index (χ4v) is 3.26. The number of nitrogens with zero attached hydrogens (tertiary/aromatic N) is 2. The Morgan fingerprint density at radius 2 is 2.00 bits per heavy atom. The molecule has 1 aromatic carbocycles. The van der Waals surface area contributed by atoms with Gasteiger partial charge in [0.25, 0.3) is 5.91 Å². The van der Waals surface area contributed by atoms with Crippen LogP contribution < -0.4 is 10.1 Å². The van der Waals surface area contributed by atoms with Crippen molar-refractivity contribution < 1.29 is 14.6 Å². The number of ether oxygens (including phenoxy) is 1. The zero-order valence-corrected chi connectivity index (χ0v) is 15.0. The number of piperidine rings is 1. The molecule has 1 aliphatic heterocycles. The molecule has 1 amide bonds. The van der Waals surface area contributed by atoms with Gasteiger partial charge in [0, 0.05) is 38.6 Å². The van der Waals surface area contributed by atoms with Gasteiger partial charge < -0.3 is 20.1 Å². The number of rotatable bonds is 6. The Morgan fingerprint density at radius 1 is 1.27 bits per heavy atom. The van der Waals surface area contributed by atoms with Gasteiger partial charge in [0.1, 0.15) is 5.75 Å². The summed E-state index contributed by atoms with van der Waals surface area (Å²) in [7, 11) is 1.63. The summed E-state index contributed by atoms with van der Waals surface area (Å²) in [6.07, 6.45) is 4.56. The molecule has 138 valence electrons. The Kier molecular flexibility index (Phi) is 5.85. The van der Waals surface area contributed by atoms with Crippen molar-refractivity contribution in [3.8, 4) is 5.75 Å². The summed E-state index contributed by atoms with van der Waals surface area (Å²) in [5, 5.41) is 13.9. The molecule has 0 atom stereocenters. The van der Waals surface area contributed by atoms with Crippen molar-refractivity contribution in [2.75, 3.05) is 33.3 Å². The number of hydrogen-bond acceptors (Lipinski definition) is 5. The first-order chi connectivity index (χ1) is 12.6. The summed E-state index contributed by atoms with van der Waals surface area (Å²) in [5.74, 6) is 0.684. The molecule has 2 N–H and O–H groups in total. The Labute approximate surface area is 153 Å². The predicted molar refractivity (Wildman–Crippen MR) is 99.1 cm³/mol. The maximum atomic E-state index is 12.0. The van der Waals surface area contributed by atoms with Crippen molar-refractivity contribution >= 4 is 5.91 Å². The Bertz CT molecular complexity index is 711. The second kappa shape index (κ2) is 8.29. The predicted octanol–water partition coefficient (Wildman–Crippen LogP) is 1.80. The number of carbonyl (C=O) groups excluding carboxylic acids is 1. The Morgan fingerprint density at radius 3 is 2.62 bits per heavy atom. The normalized spacial score (nSPS) is 16.8. The quantitative estimate of drug-likeness (QED) is 0.827. The van der Waals surface area contributed by atoms with E-state index in [2.05, 4.69) is 15.2 Å². The van der Waals surface area contributed by atoms with Crippen LogP contribution in [0, 0.1) is 0 Å². The number of benzene rings is 1. The molecule has 0 aliphatic carbocycles. The minimum absolute atomic E-state index is 0.107. The van der Waals surface area contributed by atoms with Crippen LogP contribution >= 0.6 is 0 Å². The van der Waals surface area contributed by atoms with Gasteiger partial charge >= 0.3 is 0 Å². The van der Waals surface area contributed by atoms with Gasteiger partial charge in [0.05, 0.1) is 18.3 Å². The average molecular weight is 355 g/mol. The summed E-state index contributed by atoms with van der Waals surface area (Å²) in [6, 6.07) is 11.1. The number of amides is 1. The van der Waals surface area contributed by atoms with Gasteiger partial charge in [-0.25, -0.2) is 0 Å². The molecule has 3 rings (SSSR count). The van der Waals surface area contributed by atoms with Gasteiger partial charge in [-0.15, -0.1) is 0 Å². The fourth-order valence-electron chi connectivity index (χ4n) is 3.26. The van der Waals surface area contributed by atoms with E-state index in [4.69, 9.17) is 4.74 Å². The number of methoxy groups -OCH3 is 1. The van der Waals surface area contributed by atoms with Crippen LogP contribution in [0.25, 0.3) is 0 Å². The fraction of sp³-hybridized carbons (Fsp3) is 0.400. The molecule has 0 saturated carbocycles. The Balaban J connectivity index is 1.45.